The van der Waals surface area contributed by atoms with Gasteiger partial charge in [0.25, 0.3) is 5.91 Å². The molecule has 0 spiro atoms. The number of carbonyl (C=O) groups excluding carboxylic acids is 1. The molecule has 0 radical (unpaired) electrons. The van der Waals surface area contributed by atoms with Crippen LogP contribution in [0.2, 0.25) is 0 Å². The van der Waals surface area contributed by atoms with E-state index in [4.69, 9.17) is 10.5 Å². The van der Waals surface area contributed by atoms with E-state index in [1.165, 1.54) is 6.20 Å². The van der Waals surface area contributed by atoms with Crippen molar-refractivity contribution < 1.29 is 9.53 Å². The molecule has 0 atom stereocenters. The normalized spacial score (nSPS) is 10.3. The van der Waals surface area contributed by atoms with E-state index in [-0.39, 0.29) is 5.69 Å². The Balaban J connectivity index is 2.18. The minimum atomic E-state index is -0.625. The summed E-state index contributed by atoms with van der Waals surface area (Å²) in [6, 6.07) is 13.1. The quantitative estimate of drug-likeness (QED) is 0.798. The second-order valence-corrected chi connectivity index (χ2v) is 4.77. The number of methoxy groups -OCH3 is 1. The van der Waals surface area contributed by atoms with E-state index < -0.39 is 5.91 Å². The Kier molecular flexibility index (Phi) is 3.97. The molecule has 114 valence electrons. The molecule has 0 saturated carbocycles. The molecule has 0 aliphatic carbocycles. The van der Waals surface area contributed by atoms with Crippen LogP contribution in [0.1, 0.15) is 10.5 Å². The van der Waals surface area contributed by atoms with Crippen molar-refractivity contribution in [2.24, 2.45) is 5.73 Å². The lowest BCUT2D eigenvalue weighted by Gasteiger charge is -2.09. The van der Waals surface area contributed by atoms with Gasteiger partial charge in [0.15, 0.2) is 0 Å². The molecular formula is C17H14N4O2. The van der Waals surface area contributed by atoms with E-state index in [9.17, 15) is 4.79 Å². The van der Waals surface area contributed by atoms with Gasteiger partial charge in [-0.25, -0.2) is 9.97 Å². The summed E-state index contributed by atoms with van der Waals surface area (Å²) >= 11 is 0. The number of hydrogen-bond donors (Lipinski definition) is 1. The van der Waals surface area contributed by atoms with Gasteiger partial charge in [0, 0.05) is 23.4 Å². The maximum absolute atomic E-state index is 11.4. The first-order valence-corrected chi connectivity index (χ1v) is 6.91. The molecule has 0 saturated heterocycles. The summed E-state index contributed by atoms with van der Waals surface area (Å²) in [7, 11) is 1.55. The third-order valence-corrected chi connectivity index (χ3v) is 3.29. The predicted molar refractivity (Wildman–Crippen MR) is 85.8 cm³/mol. The first-order chi connectivity index (χ1) is 11.2. The number of amides is 1. The summed E-state index contributed by atoms with van der Waals surface area (Å²) in [4.78, 5) is 24.3. The van der Waals surface area contributed by atoms with E-state index >= 15 is 0 Å². The van der Waals surface area contributed by atoms with E-state index in [0.29, 0.717) is 17.3 Å². The van der Waals surface area contributed by atoms with Crippen LogP contribution in [0.5, 0.6) is 5.88 Å². The smallest absolute Gasteiger partial charge is 0.268 e. The van der Waals surface area contributed by atoms with Crippen LogP contribution in [0.25, 0.3) is 22.5 Å². The van der Waals surface area contributed by atoms with Crippen molar-refractivity contribution >= 4 is 5.91 Å². The third kappa shape index (κ3) is 3.01. The van der Waals surface area contributed by atoms with Crippen LogP contribution in [0, 0.1) is 0 Å². The summed E-state index contributed by atoms with van der Waals surface area (Å²) in [5, 5.41) is 0. The van der Waals surface area contributed by atoms with Crippen LogP contribution < -0.4 is 10.5 Å². The number of nitrogens with two attached hydrogens (primary N) is 1. The van der Waals surface area contributed by atoms with Gasteiger partial charge in [0.05, 0.1) is 24.7 Å². The molecule has 3 rings (SSSR count). The van der Waals surface area contributed by atoms with Crippen LogP contribution in [0.3, 0.4) is 0 Å². The summed E-state index contributed by atoms with van der Waals surface area (Å²) in [6.45, 7) is 0. The monoisotopic (exact) mass is 306 g/mol. The van der Waals surface area contributed by atoms with Crippen LogP contribution in [0.4, 0.5) is 0 Å². The van der Waals surface area contributed by atoms with Gasteiger partial charge in [-0.15, -0.1) is 0 Å². The number of ether oxygens (including phenoxy) is 1. The molecule has 0 aliphatic rings. The molecule has 1 amide bonds. The molecular weight excluding hydrogens is 292 g/mol. The zero-order valence-electron chi connectivity index (χ0n) is 12.4. The average molecular weight is 306 g/mol. The van der Waals surface area contributed by atoms with E-state index in [0.717, 1.165) is 11.1 Å². The second kappa shape index (κ2) is 6.23. The first-order valence-electron chi connectivity index (χ1n) is 6.91. The summed E-state index contributed by atoms with van der Waals surface area (Å²) in [6.07, 6.45) is 3.01. The Morgan fingerprint density at radius 1 is 0.957 bits per heavy atom. The van der Waals surface area contributed by atoms with Crippen LogP contribution in [0.15, 0.2) is 54.9 Å². The molecule has 3 aromatic rings. The maximum atomic E-state index is 11.4. The fourth-order valence-corrected chi connectivity index (χ4v) is 2.16. The van der Waals surface area contributed by atoms with Crippen molar-refractivity contribution in [3.63, 3.8) is 0 Å². The third-order valence-electron chi connectivity index (χ3n) is 3.29. The largest absolute Gasteiger partial charge is 0.481 e. The number of benzene rings is 1. The molecule has 2 aromatic heterocycles. The van der Waals surface area contributed by atoms with Crippen molar-refractivity contribution in [2.75, 3.05) is 7.11 Å². The fourth-order valence-electron chi connectivity index (χ4n) is 2.16. The number of primary amides is 1. The number of rotatable bonds is 4. The number of hydrogen-bond acceptors (Lipinski definition) is 5. The standard InChI is InChI=1S/C17H14N4O2/c1-23-14-8-7-12(9-19-14)16-15(11-5-3-2-4-6-11)20-10-13(21-16)17(18)22/h2-10H,1H3,(H2,18,22). The fraction of sp³-hybridized carbons (Fsp3) is 0.0588. The highest BCUT2D eigenvalue weighted by molar-refractivity contribution is 5.92. The van der Waals surface area contributed by atoms with Gasteiger partial charge in [-0.2, -0.15) is 0 Å². The molecule has 0 unspecified atom stereocenters. The topological polar surface area (TPSA) is 91.0 Å². The summed E-state index contributed by atoms with van der Waals surface area (Å²) in [5.74, 6) is -0.131. The zero-order chi connectivity index (χ0) is 16.2. The van der Waals surface area contributed by atoms with Crippen molar-refractivity contribution in [1.29, 1.82) is 0 Å². The van der Waals surface area contributed by atoms with Crippen molar-refractivity contribution in [1.82, 2.24) is 15.0 Å². The van der Waals surface area contributed by atoms with Crippen molar-refractivity contribution in [3.05, 3.63) is 60.6 Å². The molecule has 2 heterocycles. The molecule has 1 aromatic carbocycles. The van der Waals surface area contributed by atoms with Gasteiger partial charge < -0.3 is 10.5 Å². The molecule has 0 bridgehead atoms. The first kappa shape index (κ1) is 14.6. The second-order valence-electron chi connectivity index (χ2n) is 4.77. The van der Waals surface area contributed by atoms with Gasteiger partial charge in [0.2, 0.25) is 5.88 Å². The predicted octanol–water partition coefficient (Wildman–Crippen LogP) is 2.31. The molecule has 23 heavy (non-hydrogen) atoms. The van der Waals surface area contributed by atoms with Gasteiger partial charge in [-0.05, 0) is 6.07 Å². The number of carbonyl (C=O) groups is 1. The van der Waals surface area contributed by atoms with Gasteiger partial charge in [-0.3, -0.25) is 9.78 Å². The minimum Gasteiger partial charge on any atom is -0.481 e. The Bertz CT molecular complexity index is 833. The van der Waals surface area contributed by atoms with Crippen molar-refractivity contribution in [3.8, 4) is 28.4 Å². The average Bonchev–Trinajstić information content (AvgIpc) is 2.62. The molecule has 0 aliphatic heterocycles. The zero-order valence-corrected chi connectivity index (χ0v) is 12.4. The highest BCUT2D eigenvalue weighted by atomic mass is 16.5. The molecule has 6 heteroatoms. The number of nitrogens with zero attached hydrogens (tertiary/aromatic N) is 3. The SMILES string of the molecule is COc1ccc(-c2nc(C(N)=O)cnc2-c2ccccc2)cn1. The summed E-state index contributed by atoms with van der Waals surface area (Å²) < 4.78 is 5.06. The molecule has 6 nitrogen and oxygen atoms in total. The Morgan fingerprint density at radius 3 is 2.35 bits per heavy atom. The van der Waals surface area contributed by atoms with Gasteiger partial charge >= 0.3 is 0 Å². The Morgan fingerprint density at radius 2 is 1.74 bits per heavy atom. The van der Waals surface area contributed by atoms with E-state index in [2.05, 4.69) is 15.0 Å². The Labute approximate surface area is 133 Å². The van der Waals surface area contributed by atoms with Gasteiger partial charge in [-0.1, -0.05) is 30.3 Å². The van der Waals surface area contributed by atoms with Crippen LogP contribution >= 0.6 is 0 Å². The highest BCUT2D eigenvalue weighted by Crippen LogP contribution is 2.29. The van der Waals surface area contributed by atoms with Crippen LogP contribution in [-0.4, -0.2) is 28.0 Å². The highest BCUT2D eigenvalue weighted by Gasteiger charge is 2.14. The lowest BCUT2D eigenvalue weighted by atomic mass is 10.1. The lowest BCUT2D eigenvalue weighted by Crippen LogP contribution is -2.14. The summed E-state index contributed by atoms with van der Waals surface area (Å²) in [5.41, 5.74) is 8.24. The molecule has 0 fully saturated rings. The van der Waals surface area contributed by atoms with Crippen LogP contribution in [-0.2, 0) is 0 Å². The lowest BCUT2D eigenvalue weighted by molar-refractivity contribution is 0.0995. The minimum absolute atomic E-state index is 0.107. The number of pyridine rings is 1. The van der Waals surface area contributed by atoms with Gasteiger partial charge in [0.1, 0.15) is 5.69 Å². The Hall–Kier alpha value is -3.28. The van der Waals surface area contributed by atoms with E-state index in [1.54, 1.807) is 19.4 Å². The van der Waals surface area contributed by atoms with E-state index in [1.807, 2.05) is 36.4 Å². The number of aromatic nitrogens is 3. The maximum Gasteiger partial charge on any atom is 0.268 e. The molecule has 2 N–H and O–H groups in total. The van der Waals surface area contributed by atoms with Crippen molar-refractivity contribution in [2.45, 2.75) is 0 Å².